The first-order chi connectivity index (χ1) is 10.1. The fraction of sp³-hybridized carbons (Fsp3) is 0.500. The average molecular weight is 291 g/mol. The molecular weight excluding hydrogens is 270 g/mol. The molecular formula is C16H21NO4. The molecule has 1 fully saturated rings. The van der Waals surface area contributed by atoms with E-state index in [2.05, 4.69) is 4.90 Å². The molecule has 0 bridgehead atoms. The number of hydrogen-bond donors (Lipinski definition) is 1. The summed E-state index contributed by atoms with van der Waals surface area (Å²) in [6, 6.07) is 7.26. The van der Waals surface area contributed by atoms with Crippen LogP contribution in [-0.2, 0) is 16.1 Å². The molecule has 0 aromatic heterocycles. The van der Waals surface area contributed by atoms with Gasteiger partial charge in [-0.1, -0.05) is 18.6 Å². The van der Waals surface area contributed by atoms with Gasteiger partial charge >= 0.3 is 11.9 Å². The van der Waals surface area contributed by atoms with Crippen LogP contribution in [-0.4, -0.2) is 41.1 Å². The highest BCUT2D eigenvalue weighted by atomic mass is 16.5. The predicted molar refractivity (Wildman–Crippen MR) is 78.1 cm³/mol. The summed E-state index contributed by atoms with van der Waals surface area (Å²) in [6.07, 6.45) is 3.34. The van der Waals surface area contributed by atoms with E-state index in [9.17, 15) is 9.59 Å². The number of carboxylic acids is 1. The van der Waals surface area contributed by atoms with Crippen LogP contribution in [0.25, 0.3) is 0 Å². The Morgan fingerprint density at radius 2 is 2.14 bits per heavy atom. The number of carbonyl (C=O) groups is 2. The molecule has 114 valence electrons. The van der Waals surface area contributed by atoms with Crippen LogP contribution >= 0.6 is 0 Å². The number of nitrogens with zero attached hydrogens (tertiary/aromatic N) is 1. The van der Waals surface area contributed by atoms with E-state index in [1.807, 2.05) is 6.07 Å². The Morgan fingerprint density at radius 1 is 1.38 bits per heavy atom. The number of ether oxygens (including phenoxy) is 1. The number of hydrogen-bond acceptors (Lipinski definition) is 4. The molecule has 0 amide bonds. The van der Waals surface area contributed by atoms with Gasteiger partial charge in [0.05, 0.1) is 18.7 Å². The lowest BCUT2D eigenvalue weighted by Gasteiger charge is -2.37. The third kappa shape index (κ3) is 4.29. The highest BCUT2D eigenvalue weighted by molar-refractivity contribution is 5.87. The van der Waals surface area contributed by atoms with Gasteiger partial charge in [-0.2, -0.15) is 0 Å². The molecule has 1 N–H and O–H groups in total. The predicted octanol–water partition coefficient (Wildman–Crippen LogP) is 2.30. The van der Waals surface area contributed by atoms with Crippen LogP contribution < -0.4 is 0 Å². The molecule has 1 aliphatic carbocycles. The monoisotopic (exact) mass is 291 g/mol. The zero-order chi connectivity index (χ0) is 15.2. The molecule has 0 unspecified atom stereocenters. The van der Waals surface area contributed by atoms with E-state index in [0.29, 0.717) is 19.2 Å². The Morgan fingerprint density at radius 3 is 2.71 bits per heavy atom. The van der Waals surface area contributed by atoms with Crippen molar-refractivity contribution in [2.45, 2.75) is 38.8 Å². The lowest BCUT2D eigenvalue weighted by molar-refractivity contribution is -0.145. The Balaban J connectivity index is 2.05. The van der Waals surface area contributed by atoms with E-state index >= 15 is 0 Å². The summed E-state index contributed by atoms with van der Waals surface area (Å²) in [5.74, 6) is -1.16. The summed E-state index contributed by atoms with van der Waals surface area (Å²) >= 11 is 0. The van der Waals surface area contributed by atoms with Gasteiger partial charge in [-0.05, 0) is 37.5 Å². The number of rotatable bonds is 7. The quantitative estimate of drug-likeness (QED) is 0.781. The van der Waals surface area contributed by atoms with Crippen molar-refractivity contribution in [2.24, 2.45) is 0 Å². The van der Waals surface area contributed by atoms with Crippen LogP contribution in [0.3, 0.4) is 0 Å². The lowest BCUT2D eigenvalue weighted by Crippen LogP contribution is -2.43. The van der Waals surface area contributed by atoms with Gasteiger partial charge in [0, 0.05) is 12.6 Å². The third-order valence-electron chi connectivity index (χ3n) is 3.79. The van der Waals surface area contributed by atoms with E-state index < -0.39 is 5.97 Å². The first-order valence-corrected chi connectivity index (χ1v) is 7.32. The first kappa shape index (κ1) is 15.5. The second kappa shape index (κ2) is 7.22. The zero-order valence-corrected chi connectivity index (χ0v) is 12.2. The van der Waals surface area contributed by atoms with E-state index in [1.165, 1.54) is 6.42 Å². The minimum Gasteiger partial charge on any atom is -0.478 e. The maximum Gasteiger partial charge on any atom is 0.335 e. The minimum atomic E-state index is -0.933. The fourth-order valence-corrected chi connectivity index (χ4v) is 2.48. The molecule has 1 aromatic carbocycles. The number of aromatic carboxylic acids is 1. The van der Waals surface area contributed by atoms with Gasteiger partial charge in [-0.3, -0.25) is 9.69 Å². The molecule has 0 aliphatic heterocycles. The number of carboxylic acid groups (broad SMARTS) is 1. The second-order valence-electron chi connectivity index (χ2n) is 5.30. The maximum absolute atomic E-state index is 11.7. The topological polar surface area (TPSA) is 66.8 Å². The Kier molecular flexibility index (Phi) is 5.33. The van der Waals surface area contributed by atoms with E-state index in [-0.39, 0.29) is 18.1 Å². The highest BCUT2D eigenvalue weighted by Gasteiger charge is 2.27. The van der Waals surface area contributed by atoms with Crippen molar-refractivity contribution in [3.63, 3.8) is 0 Å². The normalized spacial score (nSPS) is 14.8. The van der Waals surface area contributed by atoms with Crippen LogP contribution in [0, 0.1) is 0 Å². The van der Waals surface area contributed by atoms with Crippen LogP contribution in [0.15, 0.2) is 24.3 Å². The van der Waals surface area contributed by atoms with Crippen molar-refractivity contribution in [1.29, 1.82) is 0 Å². The molecule has 1 aromatic rings. The van der Waals surface area contributed by atoms with Crippen molar-refractivity contribution in [2.75, 3.05) is 13.2 Å². The molecule has 0 heterocycles. The lowest BCUT2D eigenvalue weighted by atomic mass is 9.91. The highest BCUT2D eigenvalue weighted by Crippen LogP contribution is 2.26. The molecule has 5 heteroatoms. The third-order valence-corrected chi connectivity index (χ3v) is 3.79. The summed E-state index contributed by atoms with van der Waals surface area (Å²) in [6.45, 7) is 3.01. The molecule has 2 rings (SSSR count). The second-order valence-corrected chi connectivity index (χ2v) is 5.30. The summed E-state index contributed by atoms with van der Waals surface area (Å²) < 4.78 is 5.02. The zero-order valence-electron chi connectivity index (χ0n) is 12.2. The molecule has 0 radical (unpaired) electrons. The van der Waals surface area contributed by atoms with E-state index in [0.717, 1.165) is 18.4 Å². The number of carbonyl (C=O) groups excluding carboxylic acids is 1. The molecule has 0 atom stereocenters. The van der Waals surface area contributed by atoms with Gasteiger partial charge in [0.1, 0.15) is 0 Å². The molecule has 21 heavy (non-hydrogen) atoms. The largest absolute Gasteiger partial charge is 0.478 e. The van der Waals surface area contributed by atoms with Crippen molar-refractivity contribution in [3.8, 4) is 0 Å². The average Bonchev–Trinajstić information content (AvgIpc) is 2.37. The van der Waals surface area contributed by atoms with E-state index in [1.54, 1.807) is 25.1 Å². The number of esters is 1. The van der Waals surface area contributed by atoms with Crippen LogP contribution in [0.2, 0.25) is 0 Å². The minimum absolute atomic E-state index is 0.223. The summed E-state index contributed by atoms with van der Waals surface area (Å²) in [7, 11) is 0. The van der Waals surface area contributed by atoms with E-state index in [4.69, 9.17) is 9.84 Å². The van der Waals surface area contributed by atoms with Gasteiger partial charge in [0.25, 0.3) is 0 Å². The molecule has 5 nitrogen and oxygen atoms in total. The Bertz CT molecular complexity index is 511. The van der Waals surface area contributed by atoms with Crippen LogP contribution in [0.5, 0.6) is 0 Å². The molecule has 0 spiro atoms. The van der Waals surface area contributed by atoms with Crippen LogP contribution in [0.1, 0.15) is 42.1 Å². The Hall–Kier alpha value is -1.88. The van der Waals surface area contributed by atoms with Crippen LogP contribution in [0.4, 0.5) is 0 Å². The standard InChI is InChI=1S/C16H21NO4/c1-2-21-15(18)11-17(14-7-4-8-14)10-12-5-3-6-13(9-12)16(19)20/h3,5-6,9,14H,2,4,7-8,10-11H2,1H3,(H,19,20). The van der Waals surface area contributed by atoms with Crippen molar-refractivity contribution in [3.05, 3.63) is 35.4 Å². The van der Waals surface area contributed by atoms with Gasteiger partial charge < -0.3 is 9.84 Å². The molecule has 0 saturated heterocycles. The van der Waals surface area contributed by atoms with Gasteiger partial charge in [0.15, 0.2) is 0 Å². The Labute approximate surface area is 124 Å². The van der Waals surface area contributed by atoms with Gasteiger partial charge in [0.2, 0.25) is 0 Å². The maximum atomic E-state index is 11.7. The SMILES string of the molecule is CCOC(=O)CN(Cc1cccc(C(=O)O)c1)C1CCC1. The number of benzene rings is 1. The molecule has 1 saturated carbocycles. The smallest absolute Gasteiger partial charge is 0.335 e. The summed E-state index contributed by atoms with van der Waals surface area (Å²) in [5, 5.41) is 9.04. The van der Waals surface area contributed by atoms with Crippen molar-refractivity contribution < 1.29 is 19.4 Å². The summed E-state index contributed by atoms with van der Waals surface area (Å²) in [5.41, 5.74) is 1.18. The van der Waals surface area contributed by atoms with Crippen molar-refractivity contribution >= 4 is 11.9 Å². The fourth-order valence-electron chi connectivity index (χ4n) is 2.48. The summed E-state index contributed by atoms with van der Waals surface area (Å²) in [4.78, 5) is 24.8. The van der Waals surface area contributed by atoms with Gasteiger partial charge in [-0.25, -0.2) is 4.79 Å². The molecule has 1 aliphatic rings. The first-order valence-electron chi connectivity index (χ1n) is 7.32. The van der Waals surface area contributed by atoms with Crippen molar-refractivity contribution in [1.82, 2.24) is 4.90 Å². The van der Waals surface area contributed by atoms with Gasteiger partial charge in [-0.15, -0.1) is 0 Å².